The van der Waals surface area contributed by atoms with Gasteiger partial charge in [-0.15, -0.1) is 0 Å². The number of carbonyl (C=O) groups is 2. The molecule has 0 saturated carbocycles. The fourth-order valence-electron chi connectivity index (χ4n) is 2.91. The largest absolute Gasteiger partial charge is 0.478 e. The number of benzene rings is 1. The Hall–Kier alpha value is -2.34. The molecule has 2 heterocycles. The van der Waals surface area contributed by atoms with Crippen molar-refractivity contribution in [3.63, 3.8) is 0 Å². The molecule has 0 radical (unpaired) electrons. The van der Waals surface area contributed by atoms with E-state index in [-0.39, 0.29) is 11.5 Å². The number of ether oxygens (including phenoxy) is 1. The summed E-state index contributed by atoms with van der Waals surface area (Å²) in [5, 5.41) is 13.2. The van der Waals surface area contributed by atoms with Gasteiger partial charge in [0.05, 0.1) is 11.1 Å². The first-order chi connectivity index (χ1) is 10.8. The summed E-state index contributed by atoms with van der Waals surface area (Å²) in [6.45, 7) is 6.41. The summed E-state index contributed by atoms with van der Waals surface area (Å²) < 4.78 is 7.38. The second-order valence-electron chi connectivity index (χ2n) is 6.77. The van der Waals surface area contributed by atoms with Crippen LogP contribution in [0.3, 0.4) is 0 Å². The fourth-order valence-corrected chi connectivity index (χ4v) is 2.91. The Kier molecular flexibility index (Phi) is 3.64. The number of nitrogens with zero attached hydrogens (tertiary/aromatic N) is 1. The molecule has 122 valence electrons. The van der Waals surface area contributed by atoms with Gasteiger partial charge in [-0.2, -0.15) is 0 Å². The third kappa shape index (κ3) is 2.94. The lowest BCUT2D eigenvalue weighted by Crippen LogP contribution is -2.42. The second kappa shape index (κ2) is 5.38. The lowest BCUT2D eigenvalue weighted by molar-refractivity contribution is -0.157. The van der Waals surface area contributed by atoms with E-state index in [1.165, 1.54) is 0 Å². The summed E-state index contributed by atoms with van der Waals surface area (Å²) >= 11 is 0. The monoisotopic (exact) mass is 316 g/mol. The number of aromatic nitrogens is 1. The van der Waals surface area contributed by atoms with Crippen LogP contribution >= 0.6 is 0 Å². The number of esters is 1. The zero-order valence-corrected chi connectivity index (χ0v) is 13.4. The van der Waals surface area contributed by atoms with E-state index in [0.29, 0.717) is 18.5 Å². The van der Waals surface area contributed by atoms with E-state index in [1.54, 1.807) is 18.2 Å². The normalized spacial score (nSPS) is 17.8. The summed E-state index contributed by atoms with van der Waals surface area (Å²) in [7, 11) is 0. The van der Waals surface area contributed by atoms with Crippen molar-refractivity contribution >= 4 is 22.8 Å². The molecule has 0 bridgehead atoms. The zero-order chi connectivity index (χ0) is 16.8. The van der Waals surface area contributed by atoms with E-state index in [0.717, 1.165) is 11.1 Å². The fraction of sp³-hybridized carbons (Fsp3) is 0.412. The summed E-state index contributed by atoms with van der Waals surface area (Å²) in [5.74, 6) is -1.25. The first-order valence-corrected chi connectivity index (χ1v) is 7.56. The molecule has 1 aliphatic rings. The Labute approximate surface area is 134 Å². The molecule has 1 atom stereocenters. The molecule has 0 aliphatic carbocycles. The van der Waals surface area contributed by atoms with Crippen molar-refractivity contribution in [3.8, 4) is 0 Å². The number of aromatic carboxylic acids is 1. The minimum absolute atomic E-state index is 0.276. The molecular weight excluding hydrogens is 296 g/mol. The molecule has 0 saturated heterocycles. The van der Waals surface area contributed by atoms with Crippen molar-refractivity contribution in [1.82, 2.24) is 9.88 Å². The molecule has 23 heavy (non-hydrogen) atoms. The van der Waals surface area contributed by atoms with Crippen molar-refractivity contribution in [1.29, 1.82) is 0 Å². The van der Waals surface area contributed by atoms with Crippen LogP contribution in [0.5, 0.6) is 0 Å². The SMILES string of the molecule is CC(C)(C)OC(=O)C1Cn2ccc3c(C(=O)O)ccc(c32)CN1. The molecule has 0 spiro atoms. The van der Waals surface area contributed by atoms with Gasteiger partial charge in [0, 0.05) is 24.7 Å². The number of carboxylic acids is 1. The van der Waals surface area contributed by atoms with Crippen LogP contribution in [0.4, 0.5) is 0 Å². The van der Waals surface area contributed by atoms with E-state index in [1.807, 2.05) is 31.5 Å². The van der Waals surface area contributed by atoms with Crippen LogP contribution in [0.15, 0.2) is 24.4 Å². The molecule has 2 N–H and O–H groups in total. The quantitative estimate of drug-likeness (QED) is 0.830. The van der Waals surface area contributed by atoms with Gasteiger partial charge in [-0.3, -0.25) is 10.1 Å². The molecule has 0 amide bonds. The van der Waals surface area contributed by atoms with Crippen LogP contribution in [0.25, 0.3) is 10.9 Å². The van der Waals surface area contributed by atoms with Crippen molar-refractivity contribution in [2.45, 2.75) is 45.5 Å². The number of carboxylic acid groups (broad SMARTS) is 1. The molecule has 1 aromatic carbocycles. The minimum atomic E-state index is -0.949. The van der Waals surface area contributed by atoms with Crippen LogP contribution < -0.4 is 5.32 Å². The minimum Gasteiger partial charge on any atom is -0.478 e. The Morgan fingerprint density at radius 1 is 1.30 bits per heavy atom. The van der Waals surface area contributed by atoms with Gasteiger partial charge in [0.25, 0.3) is 0 Å². The summed E-state index contributed by atoms with van der Waals surface area (Å²) in [6, 6.07) is 4.73. The van der Waals surface area contributed by atoms with E-state index in [9.17, 15) is 14.7 Å². The topological polar surface area (TPSA) is 80.6 Å². The molecular formula is C17H20N2O4. The predicted octanol–water partition coefficient (Wildman–Crippen LogP) is 2.15. The molecule has 6 nitrogen and oxygen atoms in total. The number of carbonyl (C=O) groups excluding carboxylic acids is 1. The van der Waals surface area contributed by atoms with Crippen LogP contribution in [-0.4, -0.2) is 33.3 Å². The first kappa shape index (κ1) is 15.6. The average Bonchev–Trinajstić information content (AvgIpc) is 2.74. The molecule has 1 unspecified atom stereocenters. The van der Waals surface area contributed by atoms with Gasteiger partial charge >= 0.3 is 11.9 Å². The van der Waals surface area contributed by atoms with Gasteiger partial charge in [-0.25, -0.2) is 4.79 Å². The Morgan fingerprint density at radius 2 is 2.04 bits per heavy atom. The van der Waals surface area contributed by atoms with E-state index >= 15 is 0 Å². The molecule has 6 heteroatoms. The first-order valence-electron chi connectivity index (χ1n) is 7.56. The molecule has 0 fully saturated rings. The number of hydrogen-bond acceptors (Lipinski definition) is 4. The Balaban J connectivity index is 1.97. The predicted molar refractivity (Wildman–Crippen MR) is 85.4 cm³/mol. The molecule has 2 aromatic rings. The maximum atomic E-state index is 12.3. The van der Waals surface area contributed by atoms with Gasteiger partial charge in [-0.05, 0) is 38.5 Å². The summed E-state index contributed by atoms with van der Waals surface area (Å²) in [4.78, 5) is 23.7. The van der Waals surface area contributed by atoms with Crippen LogP contribution in [0, 0.1) is 0 Å². The van der Waals surface area contributed by atoms with Crippen molar-refractivity contribution < 1.29 is 19.4 Å². The summed E-state index contributed by atoms with van der Waals surface area (Å²) in [6.07, 6.45) is 1.82. The standard InChI is InChI=1S/C17H20N2O4/c1-17(2,3)23-16(22)13-9-19-7-6-11-12(15(20)21)5-4-10(8-18-13)14(11)19/h4-7,13,18H,8-9H2,1-3H3,(H,20,21). The van der Waals surface area contributed by atoms with Crippen molar-refractivity contribution in [3.05, 3.63) is 35.5 Å². The Bertz CT molecular complexity index is 786. The van der Waals surface area contributed by atoms with Crippen LogP contribution in [0.1, 0.15) is 36.7 Å². The highest BCUT2D eigenvalue weighted by Crippen LogP contribution is 2.27. The lowest BCUT2D eigenvalue weighted by atomic mass is 10.1. The lowest BCUT2D eigenvalue weighted by Gasteiger charge is -2.24. The van der Waals surface area contributed by atoms with Gasteiger partial charge < -0.3 is 14.4 Å². The highest BCUT2D eigenvalue weighted by Gasteiger charge is 2.28. The number of rotatable bonds is 2. The van der Waals surface area contributed by atoms with E-state index in [4.69, 9.17) is 4.74 Å². The Morgan fingerprint density at radius 3 is 2.70 bits per heavy atom. The third-order valence-corrected chi connectivity index (χ3v) is 3.85. The number of nitrogens with one attached hydrogen (secondary N) is 1. The van der Waals surface area contributed by atoms with E-state index in [2.05, 4.69) is 5.32 Å². The maximum absolute atomic E-state index is 12.3. The smallest absolute Gasteiger partial charge is 0.336 e. The molecule has 1 aliphatic heterocycles. The van der Waals surface area contributed by atoms with Crippen LogP contribution in [-0.2, 0) is 22.6 Å². The van der Waals surface area contributed by atoms with E-state index < -0.39 is 17.6 Å². The van der Waals surface area contributed by atoms with Gasteiger partial charge in [0.1, 0.15) is 11.6 Å². The van der Waals surface area contributed by atoms with Crippen molar-refractivity contribution in [2.24, 2.45) is 0 Å². The average molecular weight is 316 g/mol. The van der Waals surface area contributed by atoms with Gasteiger partial charge in [0.2, 0.25) is 0 Å². The molecule has 3 rings (SSSR count). The third-order valence-electron chi connectivity index (χ3n) is 3.85. The molecule has 1 aromatic heterocycles. The highest BCUT2D eigenvalue weighted by molar-refractivity contribution is 6.04. The number of hydrogen-bond donors (Lipinski definition) is 2. The van der Waals surface area contributed by atoms with Crippen molar-refractivity contribution in [2.75, 3.05) is 0 Å². The summed E-state index contributed by atoms with van der Waals surface area (Å²) in [5.41, 5.74) is 1.57. The zero-order valence-electron chi connectivity index (χ0n) is 13.4. The van der Waals surface area contributed by atoms with Gasteiger partial charge in [0.15, 0.2) is 0 Å². The van der Waals surface area contributed by atoms with Gasteiger partial charge in [-0.1, -0.05) is 6.07 Å². The van der Waals surface area contributed by atoms with Crippen LogP contribution in [0.2, 0.25) is 0 Å². The highest BCUT2D eigenvalue weighted by atomic mass is 16.6. The maximum Gasteiger partial charge on any atom is 0.336 e. The second-order valence-corrected chi connectivity index (χ2v) is 6.77.